The molecule has 1 aromatic carbocycles. The highest BCUT2D eigenvalue weighted by Crippen LogP contribution is 2.32. The average Bonchev–Trinajstić information content (AvgIpc) is 3.08. The van der Waals surface area contributed by atoms with Gasteiger partial charge in [0.05, 0.1) is 11.1 Å². The first kappa shape index (κ1) is 15.1. The fourth-order valence-electron chi connectivity index (χ4n) is 2.73. The summed E-state index contributed by atoms with van der Waals surface area (Å²) in [5, 5.41) is 11.8. The molecule has 1 unspecified atom stereocenters. The van der Waals surface area contributed by atoms with Gasteiger partial charge in [0.25, 0.3) is 0 Å². The number of hydrogen-bond acceptors (Lipinski definition) is 4. The van der Waals surface area contributed by atoms with Gasteiger partial charge in [-0.25, -0.2) is 9.37 Å². The second-order valence-electron chi connectivity index (χ2n) is 5.95. The fourth-order valence-corrected chi connectivity index (χ4v) is 3.57. The molecule has 22 heavy (non-hydrogen) atoms. The van der Waals surface area contributed by atoms with E-state index in [0.717, 1.165) is 12.2 Å². The summed E-state index contributed by atoms with van der Waals surface area (Å²) in [7, 11) is 0. The highest BCUT2D eigenvalue weighted by Gasteiger charge is 2.40. The number of likely N-dealkylation sites (tertiary alicyclic amines) is 1. The lowest BCUT2D eigenvalue weighted by Crippen LogP contribution is -2.31. The molecule has 1 atom stereocenters. The van der Waals surface area contributed by atoms with Crippen LogP contribution >= 0.6 is 11.3 Å². The van der Waals surface area contributed by atoms with Crippen LogP contribution in [0.15, 0.2) is 29.6 Å². The monoisotopic (exact) mass is 320 g/mol. The Labute approximate surface area is 132 Å². The SMILES string of the molecule is CC1(C(=O)O)CCN(Cc2csc(-c3ccccc3F)n2)C1. The molecule has 1 aliphatic heterocycles. The van der Waals surface area contributed by atoms with Gasteiger partial charge < -0.3 is 5.11 Å². The fraction of sp³-hybridized carbons (Fsp3) is 0.375. The maximum atomic E-state index is 13.8. The van der Waals surface area contributed by atoms with E-state index in [9.17, 15) is 14.3 Å². The lowest BCUT2D eigenvalue weighted by atomic mass is 9.90. The first-order chi connectivity index (χ1) is 10.5. The minimum Gasteiger partial charge on any atom is -0.481 e. The van der Waals surface area contributed by atoms with E-state index in [1.54, 1.807) is 25.1 Å². The van der Waals surface area contributed by atoms with E-state index in [2.05, 4.69) is 9.88 Å². The molecular weight excluding hydrogens is 303 g/mol. The van der Waals surface area contributed by atoms with Gasteiger partial charge in [-0.15, -0.1) is 11.3 Å². The molecule has 1 aromatic heterocycles. The number of aromatic nitrogens is 1. The van der Waals surface area contributed by atoms with Crippen molar-refractivity contribution >= 4 is 17.3 Å². The summed E-state index contributed by atoms with van der Waals surface area (Å²) in [5.41, 5.74) is 0.693. The number of nitrogens with zero attached hydrogens (tertiary/aromatic N) is 2. The second kappa shape index (κ2) is 5.78. The third-order valence-electron chi connectivity index (χ3n) is 4.11. The van der Waals surface area contributed by atoms with Crippen molar-refractivity contribution in [2.45, 2.75) is 19.9 Å². The molecule has 0 saturated carbocycles. The van der Waals surface area contributed by atoms with Crippen molar-refractivity contribution in [3.63, 3.8) is 0 Å². The lowest BCUT2D eigenvalue weighted by Gasteiger charge is -2.19. The Morgan fingerprint density at radius 1 is 1.50 bits per heavy atom. The number of benzene rings is 1. The quantitative estimate of drug-likeness (QED) is 0.939. The molecule has 6 heteroatoms. The zero-order valence-electron chi connectivity index (χ0n) is 12.3. The smallest absolute Gasteiger partial charge is 0.310 e. The molecule has 1 saturated heterocycles. The maximum absolute atomic E-state index is 13.8. The van der Waals surface area contributed by atoms with Gasteiger partial charge >= 0.3 is 5.97 Å². The van der Waals surface area contributed by atoms with Gasteiger partial charge in [-0.1, -0.05) is 12.1 Å². The minimum atomic E-state index is -0.750. The Hall–Kier alpha value is -1.79. The van der Waals surface area contributed by atoms with E-state index >= 15 is 0 Å². The summed E-state index contributed by atoms with van der Waals surface area (Å²) in [6.07, 6.45) is 0.645. The molecule has 1 fully saturated rings. The van der Waals surface area contributed by atoms with Crippen LogP contribution in [0.4, 0.5) is 4.39 Å². The van der Waals surface area contributed by atoms with Gasteiger partial charge in [-0.3, -0.25) is 9.69 Å². The predicted octanol–water partition coefficient (Wildman–Crippen LogP) is 3.25. The van der Waals surface area contributed by atoms with Crippen LogP contribution in [-0.4, -0.2) is 34.0 Å². The predicted molar refractivity (Wildman–Crippen MR) is 83.1 cm³/mol. The van der Waals surface area contributed by atoms with Crippen LogP contribution in [0.5, 0.6) is 0 Å². The van der Waals surface area contributed by atoms with Crippen molar-refractivity contribution in [2.24, 2.45) is 5.41 Å². The first-order valence-electron chi connectivity index (χ1n) is 7.13. The van der Waals surface area contributed by atoms with Crippen molar-refractivity contribution in [1.29, 1.82) is 0 Å². The van der Waals surface area contributed by atoms with Gasteiger partial charge in [0, 0.05) is 24.0 Å². The van der Waals surface area contributed by atoms with Crippen LogP contribution in [0.1, 0.15) is 19.0 Å². The number of carboxylic acid groups (broad SMARTS) is 1. The summed E-state index contributed by atoms with van der Waals surface area (Å²) < 4.78 is 13.8. The van der Waals surface area contributed by atoms with Crippen LogP contribution < -0.4 is 0 Å². The number of hydrogen-bond donors (Lipinski definition) is 1. The van der Waals surface area contributed by atoms with Crippen LogP contribution in [0.25, 0.3) is 10.6 Å². The largest absolute Gasteiger partial charge is 0.481 e. The summed E-state index contributed by atoms with van der Waals surface area (Å²) in [4.78, 5) is 17.8. The van der Waals surface area contributed by atoms with Crippen LogP contribution in [0.2, 0.25) is 0 Å². The van der Waals surface area contributed by atoms with Crippen LogP contribution in [0.3, 0.4) is 0 Å². The topological polar surface area (TPSA) is 53.4 Å². The Morgan fingerprint density at radius 3 is 2.95 bits per heavy atom. The van der Waals surface area contributed by atoms with Gasteiger partial charge in [-0.05, 0) is 32.0 Å². The molecule has 2 aromatic rings. The number of thiazole rings is 1. The first-order valence-corrected chi connectivity index (χ1v) is 8.01. The van der Waals surface area contributed by atoms with Crippen molar-refractivity contribution in [3.05, 3.63) is 41.2 Å². The maximum Gasteiger partial charge on any atom is 0.310 e. The standard InChI is InChI=1S/C16H17FN2O2S/c1-16(15(20)21)6-7-19(10-16)8-11-9-22-14(18-11)12-4-2-3-5-13(12)17/h2-5,9H,6-8,10H2,1H3,(H,20,21). The molecule has 1 N–H and O–H groups in total. The summed E-state index contributed by atoms with van der Waals surface area (Å²) in [6.45, 7) is 3.65. The van der Waals surface area contributed by atoms with Crippen molar-refractivity contribution in [2.75, 3.05) is 13.1 Å². The van der Waals surface area contributed by atoms with Crippen LogP contribution in [-0.2, 0) is 11.3 Å². The average molecular weight is 320 g/mol. The van der Waals surface area contributed by atoms with E-state index in [4.69, 9.17) is 0 Å². The molecule has 0 amide bonds. The van der Waals surface area contributed by atoms with E-state index in [0.29, 0.717) is 30.1 Å². The van der Waals surface area contributed by atoms with E-state index in [-0.39, 0.29) is 5.82 Å². The lowest BCUT2D eigenvalue weighted by molar-refractivity contribution is -0.147. The highest BCUT2D eigenvalue weighted by atomic mass is 32.1. The number of carbonyl (C=O) groups is 1. The third-order valence-corrected chi connectivity index (χ3v) is 5.03. The van der Waals surface area contributed by atoms with Crippen LogP contribution in [0, 0.1) is 11.2 Å². The molecule has 0 bridgehead atoms. The molecule has 116 valence electrons. The zero-order valence-corrected chi connectivity index (χ0v) is 13.1. The molecular formula is C16H17FN2O2S. The third kappa shape index (κ3) is 2.89. The Balaban J connectivity index is 1.71. The van der Waals surface area contributed by atoms with Gasteiger partial charge in [0.2, 0.25) is 0 Å². The van der Waals surface area contributed by atoms with Crippen molar-refractivity contribution in [3.8, 4) is 10.6 Å². The second-order valence-corrected chi connectivity index (χ2v) is 6.81. The Bertz CT molecular complexity index is 703. The summed E-state index contributed by atoms with van der Waals surface area (Å²) in [5.74, 6) is -1.02. The zero-order chi connectivity index (χ0) is 15.7. The molecule has 3 rings (SSSR count). The Kier molecular flexibility index (Phi) is 3.97. The molecule has 2 heterocycles. The number of aliphatic carboxylic acids is 1. The Morgan fingerprint density at radius 2 is 2.27 bits per heavy atom. The number of rotatable bonds is 4. The molecule has 0 radical (unpaired) electrons. The van der Waals surface area contributed by atoms with Crippen molar-refractivity contribution in [1.82, 2.24) is 9.88 Å². The van der Waals surface area contributed by atoms with E-state index in [1.165, 1.54) is 17.4 Å². The summed E-state index contributed by atoms with van der Waals surface area (Å²) >= 11 is 1.41. The molecule has 0 spiro atoms. The highest BCUT2D eigenvalue weighted by molar-refractivity contribution is 7.13. The number of carboxylic acids is 1. The van der Waals surface area contributed by atoms with Gasteiger partial charge in [0.15, 0.2) is 0 Å². The van der Waals surface area contributed by atoms with Gasteiger partial charge in [0.1, 0.15) is 10.8 Å². The minimum absolute atomic E-state index is 0.275. The van der Waals surface area contributed by atoms with Gasteiger partial charge in [-0.2, -0.15) is 0 Å². The number of halogens is 1. The summed E-state index contributed by atoms with van der Waals surface area (Å²) in [6, 6.07) is 6.59. The van der Waals surface area contributed by atoms with Crippen molar-refractivity contribution < 1.29 is 14.3 Å². The van der Waals surface area contributed by atoms with E-state index < -0.39 is 11.4 Å². The van der Waals surface area contributed by atoms with E-state index in [1.807, 2.05) is 5.38 Å². The molecule has 1 aliphatic rings. The molecule has 0 aliphatic carbocycles. The normalized spacial score (nSPS) is 22.1. The molecule has 4 nitrogen and oxygen atoms in total.